The molecular formula is C24H33N3O3. The summed E-state index contributed by atoms with van der Waals surface area (Å²) in [6.45, 7) is 6.72. The summed E-state index contributed by atoms with van der Waals surface area (Å²) < 4.78 is 0. The highest BCUT2D eigenvalue weighted by molar-refractivity contribution is 6.00. The molecule has 3 aliphatic rings. The van der Waals surface area contributed by atoms with E-state index >= 15 is 0 Å². The van der Waals surface area contributed by atoms with Crippen LogP contribution in [0.2, 0.25) is 0 Å². The first-order valence-electron chi connectivity index (χ1n) is 11.4. The second-order valence-electron chi connectivity index (χ2n) is 9.22. The minimum atomic E-state index is -0.284. The van der Waals surface area contributed by atoms with Gasteiger partial charge in [0.05, 0.1) is 5.92 Å². The summed E-state index contributed by atoms with van der Waals surface area (Å²) >= 11 is 0. The quantitative estimate of drug-likeness (QED) is 0.768. The van der Waals surface area contributed by atoms with E-state index < -0.39 is 0 Å². The molecule has 0 spiro atoms. The van der Waals surface area contributed by atoms with Crippen LogP contribution in [0, 0.1) is 18.8 Å². The van der Waals surface area contributed by atoms with Crippen molar-refractivity contribution in [2.45, 2.75) is 58.4 Å². The zero-order valence-corrected chi connectivity index (χ0v) is 18.2. The maximum absolute atomic E-state index is 13.1. The topological polar surface area (TPSA) is 60.9 Å². The Morgan fingerprint density at radius 1 is 0.900 bits per heavy atom. The van der Waals surface area contributed by atoms with E-state index in [1.165, 1.54) is 6.42 Å². The van der Waals surface area contributed by atoms with Crippen molar-refractivity contribution in [1.29, 1.82) is 0 Å². The Labute approximate surface area is 179 Å². The van der Waals surface area contributed by atoms with Gasteiger partial charge < -0.3 is 14.7 Å². The Morgan fingerprint density at radius 3 is 2.27 bits per heavy atom. The van der Waals surface area contributed by atoms with Gasteiger partial charge in [0.1, 0.15) is 0 Å². The average molecular weight is 412 g/mol. The number of carbonyl (C=O) groups is 3. The van der Waals surface area contributed by atoms with Crippen molar-refractivity contribution in [1.82, 2.24) is 9.80 Å². The molecule has 2 atom stereocenters. The number of benzene rings is 1. The standard InChI is InChI=1S/C24H33N3O3/c1-17-6-8-21(9-7-17)27-16-20(15-22(27)28)23(29)25-13-10-19(11-14-25)24(30)26-12-4-3-5-18(26)2/h6-9,18-20H,3-5,10-16H2,1-2H3/t18-,20-/m1/s1. The number of hydrogen-bond donors (Lipinski definition) is 0. The van der Waals surface area contributed by atoms with E-state index in [1.807, 2.05) is 36.1 Å². The molecular weight excluding hydrogens is 378 g/mol. The minimum absolute atomic E-state index is 0.0151. The molecule has 0 saturated carbocycles. The number of piperidine rings is 2. The third kappa shape index (κ3) is 4.23. The maximum Gasteiger partial charge on any atom is 0.228 e. The molecule has 3 saturated heterocycles. The number of amides is 3. The molecule has 3 heterocycles. The van der Waals surface area contributed by atoms with Gasteiger partial charge >= 0.3 is 0 Å². The van der Waals surface area contributed by atoms with Crippen LogP contribution in [0.25, 0.3) is 0 Å². The van der Waals surface area contributed by atoms with Crippen LogP contribution in [0.1, 0.15) is 51.0 Å². The third-order valence-electron chi connectivity index (χ3n) is 7.06. The zero-order valence-electron chi connectivity index (χ0n) is 18.2. The molecule has 1 aromatic rings. The molecule has 0 bridgehead atoms. The first-order chi connectivity index (χ1) is 14.4. The van der Waals surface area contributed by atoms with Crippen molar-refractivity contribution < 1.29 is 14.4 Å². The van der Waals surface area contributed by atoms with Crippen LogP contribution >= 0.6 is 0 Å². The van der Waals surface area contributed by atoms with Crippen LogP contribution in [-0.2, 0) is 14.4 Å². The van der Waals surface area contributed by atoms with Crippen molar-refractivity contribution in [3.63, 3.8) is 0 Å². The number of aryl methyl sites for hydroxylation is 1. The maximum atomic E-state index is 13.1. The second-order valence-corrected chi connectivity index (χ2v) is 9.22. The predicted molar refractivity (Wildman–Crippen MR) is 116 cm³/mol. The van der Waals surface area contributed by atoms with E-state index in [4.69, 9.17) is 0 Å². The van der Waals surface area contributed by atoms with Gasteiger partial charge in [-0.1, -0.05) is 17.7 Å². The largest absolute Gasteiger partial charge is 0.342 e. The lowest BCUT2D eigenvalue weighted by Gasteiger charge is -2.39. The first kappa shape index (κ1) is 20.9. The van der Waals surface area contributed by atoms with Gasteiger partial charge in [-0.2, -0.15) is 0 Å². The van der Waals surface area contributed by atoms with Gasteiger partial charge in [0.25, 0.3) is 0 Å². The number of hydrogen-bond acceptors (Lipinski definition) is 3. The summed E-state index contributed by atoms with van der Waals surface area (Å²) in [5.41, 5.74) is 2.01. The van der Waals surface area contributed by atoms with E-state index in [2.05, 4.69) is 11.8 Å². The van der Waals surface area contributed by atoms with E-state index in [9.17, 15) is 14.4 Å². The molecule has 6 nitrogen and oxygen atoms in total. The molecule has 0 unspecified atom stereocenters. The molecule has 6 heteroatoms. The third-order valence-corrected chi connectivity index (χ3v) is 7.06. The molecule has 0 radical (unpaired) electrons. The lowest BCUT2D eigenvalue weighted by Crippen LogP contribution is -2.49. The summed E-state index contributed by atoms with van der Waals surface area (Å²) in [7, 11) is 0. The minimum Gasteiger partial charge on any atom is -0.342 e. The number of anilines is 1. The van der Waals surface area contributed by atoms with Crippen molar-refractivity contribution >= 4 is 23.4 Å². The van der Waals surface area contributed by atoms with Crippen LogP contribution in [0.3, 0.4) is 0 Å². The van der Waals surface area contributed by atoms with Gasteiger partial charge in [-0.3, -0.25) is 14.4 Å². The van der Waals surface area contributed by atoms with E-state index in [1.54, 1.807) is 4.90 Å². The number of rotatable bonds is 3. The smallest absolute Gasteiger partial charge is 0.228 e. The Bertz CT molecular complexity index is 798. The van der Waals surface area contributed by atoms with Gasteiger partial charge in [-0.05, 0) is 58.1 Å². The Kier molecular flexibility index (Phi) is 6.11. The normalized spacial score (nSPS) is 25.7. The fourth-order valence-corrected chi connectivity index (χ4v) is 5.11. The molecule has 3 aliphatic heterocycles. The highest BCUT2D eigenvalue weighted by atomic mass is 16.2. The van der Waals surface area contributed by atoms with Crippen molar-refractivity contribution in [3.8, 4) is 0 Å². The average Bonchev–Trinajstić information content (AvgIpc) is 3.15. The van der Waals surface area contributed by atoms with Crippen LogP contribution in [0.15, 0.2) is 24.3 Å². The molecule has 4 rings (SSSR count). The van der Waals surface area contributed by atoms with Crippen LogP contribution < -0.4 is 4.90 Å². The van der Waals surface area contributed by atoms with Gasteiger partial charge in [-0.25, -0.2) is 0 Å². The summed E-state index contributed by atoms with van der Waals surface area (Å²) in [5, 5.41) is 0. The van der Waals surface area contributed by atoms with Gasteiger partial charge in [0.2, 0.25) is 17.7 Å². The van der Waals surface area contributed by atoms with Gasteiger partial charge in [0, 0.05) is 50.2 Å². The molecule has 162 valence electrons. The Balaban J connectivity index is 1.31. The Morgan fingerprint density at radius 2 is 1.60 bits per heavy atom. The lowest BCUT2D eigenvalue weighted by atomic mass is 9.92. The molecule has 3 fully saturated rings. The number of nitrogens with zero attached hydrogens (tertiary/aromatic N) is 3. The van der Waals surface area contributed by atoms with Crippen LogP contribution in [0.5, 0.6) is 0 Å². The van der Waals surface area contributed by atoms with Crippen molar-refractivity contribution in [2.75, 3.05) is 31.1 Å². The first-order valence-corrected chi connectivity index (χ1v) is 11.4. The number of likely N-dealkylation sites (tertiary alicyclic amines) is 2. The SMILES string of the molecule is Cc1ccc(N2C[C@H](C(=O)N3CCC(C(=O)N4CCCC[C@H]4C)CC3)CC2=O)cc1. The van der Waals surface area contributed by atoms with E-state index in [0.717, 1.165) is 43.5 Å². The fourth-order valence-electron chi connectivity index (χ4n) is 5.11. The van der Waals surface area contributed by atoms with Crippen molar-refractivity contribution in [3.05, 3.63) is 29.8 Å². The van der Waals surface area contributed by atoms with E-state index in [-0.39, 0.29) is 36.0 Å². The van der Waals surface area contributed by atoms with Crippen LogP contribution in [0.4, 0.5) is 5.69 Å². The van der Waals surface area contributed by atoms with Gasteiger partial charge in [-0.15, -0.1) is 0 Å². The summed E-state index contributed by atoms with van der Waals surface area (Å²) in [5.74, 6) is 0.101. The zero-order chi connectivity index (χ0) is 21.3. The van der Waals surface area contributed by atoms with Gasteiger partial charge in [0.15, 0.2) is 0 Å². The molecule has 0 N–H and O–H groups in total. The Hall–Kier alpha value is -2.37. The van der Waals surface area contributed by atoms with E-state index in [0.29, 0.717) is 25.7 Å². The second kappa shape index (κ2) is 8.78. The number of carbonyl (C=O) groups excluding carboxylic acids is 3. The predicted octanol–water partition coefficient (Wildman–Crippen LogP) is 2.99. The molecule has 30 heavy (non-hydrogen) atoms. The summed E-state index contributed by atoms with van der Waals surface area (Å²) in [4.78, 5) is 44.2. The monoisotopic (exact) mass is 411 g/mol. The fraction of sp³-hybridized carbons (Fsp3) is 0.625. The summed E-state index contributed by atoms with van der Waals surface area (Å²) in [6.07, 6.45) is 5.14. The molecule has 1 aromatic carbocycles. The lowest BCUT2D eigenvalue weighted by molar-refractivity contribution is -0.144. The summed E-state index contributed by atoms with van der Waals surface area (Å²) in [6, 6.07) is 8.20. The van der Waals surface area contributed by atoms with Crippen molar-refractivity contribution in [2.24, 2.45) is 11.8 Å². The highest BCUT2D eigenvalue weighted by Crippen LogP contribution is 2.29. The molecule has 0 aromatic heterocycles. The highest BCUT2D eigenvalue weighted by Gasteiger charge is 2.39. The van der Waals surface area contributed by atoms with Crippen LogP contribution in [-0.4, -0.2) is 59.7 Å². The molecule has 3 amide bonds. The molecule has 0 aliphatic carbocycles.